The molecule has 16 heavy (non-hydrogen) atoms. The molecule has 0 aliphatic carbocycles. The van der Waals surface area contributed by atoms with Crippen molar-refractivity contribution in [2.45, 2.75) is 39.2 Å². The maximum Gasteiger partial charge on any atom is 0.222 e. The van der Waals surface area contributed by atoms with Gasteiger partial charge >= 0.3 is 0 Å². The monoisotopic (exact) mass is 223 g/mol. The summed E-state index contributed by atoms with van der Waals surface area (Å²) in [4.78, 5) is 8.09. The van der Waals surface area contributed by atoms with Crippen molar-refractivity contribution in [3.8, 4) is 0 Å². The molecule has 0 saturated carbocycles. The van der Waals surface area contributed by atoms with Crippen LogP contribution in [-0.2, 0) is 0 Å². The van der Waals surface area contributed by atoms with Gasteiger partial charge in [-0.15, -0.1) is 0 Å². The first-order valence-electron chi connectivity index (χ1n) is 5.73. The normalized spacial score (nSPS) is 14.8. The summed E-state index contributed by atoms with van der Waals surface area (Å²) < 4.78 is 0. The van der Waals surface area contributed by atoms with Crippen molar-refractivity contribution in [1.29, 1.82) is 0 Å². The molecule has 0 spiro atoms. The summed E-state index contributed by atoms with van der Waals surface area (Å²) in [7, 11) is 0. The van der Waals surface area contributed by atoms with Crippen LogP contribution in [0.3, 0.4) is 0 Å². The van der Waals surface area contributed by atoms with Crippen molar-refractivity contribution < 1.29 is 5.11 Å². The van der Waals surface area contributed by atoms with Crippen LogP contribution in [0.15, 0.2) is 18.5 Å². The van der Waals surface area contributed by atoms with E-state index in [-0.39, 0.29) is 0 Å². The Hall–Kier alpha value is -1.16. The summed E-state index contributed by atoms with van der Waals surface area (Å²) in [6.45, 7) is 6.63. The van der Waals surface area contributed by atoms with Crippen molar-refractivity contribution in [2.24, 2.45) is 5.92 Å². The molecule has 1 atom stereocenters. The van der Waals surface area contributed by atoms with Crippen LogP contribution in [0.5, 0.6) is 0 Å². The second kappa shape index (κ2) is 5.80. The Bertz CT molecular complexity index is 298. The van der Waals surface area contributed by atoms with Crippen molar-refractivity contribution in [1.82, 2.24) is 9.97 Å². The maximum atomic E-state index is 10.1. The van der Waals surface area contributed by atoms with Gasteiger partial charge in [-0.05, 0) is 31.7 Å². The van der Waals surface area contributed by atoms with Crippen LogP contribution in [0, 0.1) is 5.92 Å². The zero-order valence-corrected chi connectivity index (χ0v) is 10.3. The molecule has 0 bridgehead atoms. The van der Waals surface area contributed by atoms with Crippen molar-refractivity contribution in [3.63, 3.8) is 0 Å². The van der Waals surface area contributed by atoms with Crippen molar-refractivity contribution in [3.05, 3.63) is 18.5 Å². The van der Waals surface area contributed by atoms with Gasteiger partial charge in [0.1, 0.15) is 0 Å². The Balaban J connectivity index is 2.36. The van der Waals surface area contributed by atoms with E-state index < -0.39 is 5.60 Å². The SMILES string of the molecule is CC(C)CCC(C)(O)CNc1ncccn1. The van der Waals surface area contributed by atoms with E-state index in [0.29, 0.717) is 18.4 Å². The quantitative estimate of drug-likeness (QED) is 0.775. The van der Waals surface area contributed by atoms with Gasteiger partial charge in [0.15, 0.2) is 0 Å². The van der Waals surface area contributed by atoms with Gasteiger partial charge in [-0.3, -0.25) is 0 Å². The molecule has 2 N–H and O–H groups in total. The minimum absolute atomic E-state index is 0.476. The number of aromatic nitrogens is 2. The van der Waals surface area contributed by atoms with Crippen LogP contribution in [0.1, 0.15) is 33.6 Å². The van der Waals surface area contributed by atoms with Gasteiger partial charge in [-0.25, -0.2) is 9.97 Å². The van der Waals surface area contributed by atoms with Gasteiger partial charge in [-0.1, -0.05) is 13.8 Å². The molecule has 0 aliphatic rings. The molecule has 0 saturated heterocycles. The summed E-state index contributed by atoms with van der Waals surface area (Å²) in [6.07, 6.45) is 5.16. The maximum absolute atomic E-state index is 10.1. The van der Waals surface area contributed by atoms with Crippen LogP contribution in [-0.4, -0.2) is 27.2 Å². The number of anilines is 1. The molecule has 0 radical (unpaired) electrons. The molecule has 1 unspecified atom stereocenters. The van der Waals surface area contributed by atoms with E-state index in [4.69, 9.17) is 0 Å². The average Bonchev–Trinajstić information content (AvgIpc) is 2.26. The standard InChI is InChI=1S/C12H21N3O/c1-10(2)5-6-12(3,16)9-15-11-13-7-4-8-14-11/h4,7-8,10,16H,5-6,9H2,1-3H3,(H,13,14,15). The second-order valence-corrected chi connectivity index (χ2v) is 4.86. The lowest BCUT2D eigenvalue weighted by atomic mass is 9.95. The minimum atomic E-state index is -0.705. The van der Waals surface area contributed by atoms with E-state index in [1.165, 1.54) is 0 Å². The molecule has 90 valence electrons. The largest absolute Gasteiger partial charge is 0.388 e. The Labute approximate surface area is 97.1 Å². The lowest BCUT2D eigenvalue weighted by Crippen LogP contribution is -2.34. The summed E-state index contributed by atoms with van der Waals surface area (Å²) in [5.41, 5.74) is -0.705. The number of nitrogens with one attached hydrogen (secondary N) is 1. The van der Waals surface area contributed by atoms with Crippen LogP contribution in [0.25, 0.3) is 0 Å². The predicted molar refractivity (Wildman–Crippen MR) is 65.2 cm³/mol. The second-order valence-electron chi connectivity index (χ2n) is 4.86. The van der Waals surface area contributed by atoms with Gasteiger partial charge in [0.05, 0.1) is 5.60 Å². The molecule has 1 aromatic rings. The number of hydrogen-bond acceptors (Lipinski definition) is 4. The average molecular weight is 223 g/mol. The van der Waals surface area contributed by atoms with Crippen LogP contribution in [0.2, 0.25) is 0 Å². The Morgan fingerprint density at radius 3 is 2.56 bits per heavy atom. The summed E-state index contributed by atoms with van der Waals surface area (Å²) in [6, 6.07) is 1.77. The first-order valence-corrected chi connectivity index (χ1v) is 5.73. The summed E-state index contributed by atoms with van der Waals surface area (Å²) in [5.74, 6) is 1.17. The molecule has 0 aromatic carbocycles. The van der Waals surface area contributed by atoms with E-state index in [9.17, 15) is 5.11 Å². The number of rotatable bonds is 6. The fourth-order valence-corrected chi connectivity index (χ4v) is 1.35. The smallest absolute Gasteiger partial charge is 0.222 e. The fraction of sp³-hybridized carbons (Fsp3) is 0.667. The Morgan fingerprint density at radius 1 is 1.38 bits per heavy atom. The highest BCUT2D eigenvalue weighted by Crippen LogP contribution is 2.16. The van der Waals surface area contributed by atoms with Crippen LogP contribution in [0.4, 0.5) is 5.95 Å². The van der Waals surface area contributed by atoms with Gasteiger partial charge < -0.3 is 10.4 Å². The van der Waals surface area contributed by atoms with E-state index in [0.717, 1.165) is 12.8 Å². The molecular formula is C12H21N3O. The highest BCUT2D eigenvalue weighted by Gasteiger charge is 2.20. The minimum Gasteiger partial charge on any atom is -0.388 e. The van der Waals surface area contributed by atoms with Crippen LogP contribution < -0.4 is 5.32 Å². The molecule has 1 aromatic heterocycles. The zero-order chi connectivity index (χ0) is 12.0. The summed E-state index contributed by atoms with van der Waals surface area (Å²) >= 11 is 0. The third kappa shape index (κ3) is 5.07. The van der Waals surface area contributed by atoms with Crippen molar-refractivity contribution in [2.75, 3.05) is 11.9 Å². The van der Waals surface area contributed by atoms with Gasteiger partial charge in [0, 0.05) is 18.9 Å². The first-order chi connectivity index (χ1) is 7.49. The van der Waals surface area contributed by atoms with E-state index in [2.05, 4.69) is 29.1 Å². The predicted octanol–water partition coefficient (Wildman–Crippen LogP) is 2.08. The topological polar surface area (TPSA) is 58.0 Å². The first kappa shape index (κ1) is 12.9. The summed E-state index contributed by atoms with van der Waals surface area (Å²) in [5, 5.41) is 13.1. The lowest BCUT2D eigenvalue weighted by Gasteiger charge is -2.24. The molecule has 4 nitrogen and oxygen atoms in total. The highest BCUT2D eigenvalue weighted by atomic mass is 16.3. The number of aliphatic hydroxyl groups is 1. The Morgan fingerprint density at radius 2 is 2.00 bits per heavy atom. The molecule has 0 aliphatic heterocycles. The molecule has 0 amide bonds. The van der Waals surface area contributed by atoms with E-state index in [1.54, 1.807) is 18.5 Å². The molecule has 4 heteroatoms. The number of nitrogens with zero attached hydrogens (tertiary/aromatic N) is 2. The highest BCUT2D eigenvalue weighted by molar-refractivity contribution is 5.22. The van der Waals surface area contributed by atoms with Gasteiger partial charge in [0.2, 0.25) is 5.95 Å². The van der Waals surface area contributed by atoms with E-state index >= 15 is 0 Å². The van der Waals surface area contributed by atoms with E-state index in [1.807, 2.05) is 6.92 Å². The third-order valence-electron chi connectivity index (χ3n) is 2.45. The third-order valence-corrected chi connectivity index (χ3v) is 2.45. The zero-order valence-electron chi connectivity index (χ0n) is 10.3. The molecule has 1 rings (SSSR count). The Kier molecular flexibility index (Phi) is 4.68. The molecule has 0 fully saturated rings. The molecule has 1 heterocycles. The number of hydrogen-bond donors (Lipinski definition) is 2. The van der Waals surface area contributed by atoms with Gasteiger partial charge in [0.25, 0.3) is 0 Å². The molecular weight excluding hydrogens is 202 g/mol. The van der Waals surface area contributed by atoms with Crippen LogP contribution >= 0.6 is 0 Å². The van der Waals surface area contributed by atoms with Gasteiger partial charge in [-0.2, -0.15) is 0 Å². The van der Waals surface area contributed by atoms with Crippen molar-refractivity contribution >= 4 is 5.95 Å². The fourth-order valence-electron chi connectivity index (χ4n) is 1.35. The lowest BCUT2D eigenvalue weighted by molar-refractivity contribution is 0.0584.